The number of nitrogens with zero attached hydrogens (tertiary/aromatic N) is 2. The van der Waals surface area contributed by atoms with E-state index in [1.807, 2.05) is 7.05 Å². The Labute approximate surface area is 195 Å². The molecule has 2 heterocycles. The van der Waals surface area contributed by atoms with E-state index in [1.165, 1.54) is 12.1 Å². The summed E-state index contributed by atoms with van der Waals surface area (Å²) in [4.78, 5) is 17.8. The smallest absolute Gasteiger partial charge is 0.416 e. The summed E-state index contributed by atoms with van der Waals surface area (Å²) >= 11 is 0. The first-order chi connectivity index (χ1) is 16.2. The third-order valence-electron chi connectivity index (χ3n) is 5.74. The number of primary amides is 1. The Kier molecular flexibility index (Phi) is 6.85. The topological polar surface area (TPSA) is 80.5 Å². The number of hydrogen-bond acceptors (Lipinski definition) is 5. The molecule has 4 rings (SSSR count). The van der Waals surface area contributed by atoms with E-state index in [0.29, 0.717) is 22.8 Å². The van der Waals surface area contributed by atoms with Crippen LogP contribution >= 0.6 is 0 Å². The monoisotopic (exact) mass is 470 g/mol. The lowest BCUT2D eigenvalue weighted by atomic mass is 10.1. The van der Waals surface area contributed by atoms with Crippen LogP contribution in [0, 0.1) is 0 Å². The van der Waals surface area contributed by atoms with Crippen molar-refractivity contribution in [3.05, 3.63) is 77.5 Å². The number of pyridine rings is 1. The van der Waals surface area contributed by atoms with E-state index >= 15 is 0 Å². The van der Waals surface area contributed by atoms with E-state index in [0.717, 1.165) is 37.2 Å². The molecule has 178 valence electrons. The zero-order chi connectivity index (χ0) is 24.3. The van der Waals surface area contributed by atoms with E-state index in [-0.39, 0.29) is 18.3 Å². The van der Waals surface area contributed by atoms with Crippen LogP contribution in [0.5, 0.6) is 11.5 Å². The number of nitrogens with one attached hydrogen (secondary N) is 1. The highest BCUT2D eigenvalue weighted by molar-refractivity contribution is 5.91. The fourth-order valence-corrected chi connectivity index (χ4v) is 3.90. The SMILES string of the molecule is CN1CCC(NCc2cc(C(F)(F)F)ccc2Oc2ccc(-c3cccc(C(N)=O)n3)cc2)C1. The standard InChI is InChI=1S/C25H25F3N4O2/c1-32-12-11-19(15-32)30-14-17-13-18(25(26,27)28)7-10-23(17)34-20-8-5-16(6-9-20)21-3-2-4-22(31-21)24(29)33/h2-10,13,19,30H,11-12,14-15H2,1H3,(H2,29,33). The number of alkyl halides is 3. The zero-order valence-electron chi connectivity index (χ0n) is 18.6. The summed E-state index contributed by atoms with van der Waals surface area (Å²) in [6, 6.07) is 15.6. The van der Waals surface area contributed by atoms with Crippen LogP contribution < -0.4 is 15.8 Å². The maximum absolute atomic E-state index is 13.3. The summed E-state index contributed by atoms with van der Waals surface area (Å²) < 4.78 is 45.9. The average Bonchev–Trinajstić information content (AvgIpc) is 3.23. The molecule has 0 spiro atoms. The van der Waals surface area contributed by atoms with Gasteiger partial charge in [-0.2, -0.15) is 13.2 Å². The summed E-state index contributed by atoms with van der Waals surface area (Å²) in [5.41, 5.74) is 6.50. The molecule has 0 radical (unpaired) electrons. The fourth-order valence-electron chi connectivity index (χ4n) is 3.90. The van der Waals surface area contributed by atoms with Crippen molar-refractivity contribution < 1.29 is 22.7 Å². The maximum atomic E-state index is 13.3. The largest absolute Gasteiger partial charge is 0.457 e. The predicted molar refractivity (Wildman–Crippen MR) is 122 cm³/mol. The maximum Gasteiger partial charge on any atom is 0.416 e. The summed E-state index contributed by atoms with van der Waals surface area (Å²) in [5.74, 6) is 0.208. The van der Waals surface area contributed by atoms with Crippen molar-refractivity contribution in [2.24, 2.45) is 5.73 Å². The minimum absolute atomic E-state index is 0.160. The zero-order valence-corrected chi connectivity index (χ0v) is 18.6. The van der Waals surface area contributed by atoms with Crippen LogP contribution in [0.1, 0.15) is 28.0 Å². The molecule has 34 heavy (non-hydrogen) atoms. The van der Waals surface area contributed by atoms with Crippen LogP contribution in [0.15, 0.2) is 60.7 Å². The summed E-state index contributed by atoms with van der Waals surface area (Å²) in [6.45, 7) is 2.06. The number of benzene rings is 2. The van der Waals surface area contributed by atoms with Crippen molar-refractivity contribution in [2.45, 2.75) is 25.2 Å². The molecule has 1 atom stereocenters. The lowest BCUT2D eigenvalue weighted by Gasteiger charge is -2.17. The molecule has 6 nitrogen and oxygen atoms in total. The molecule has 3 N–H and O–H groups in total. The number of rotatable bonds is 7. The Morgan fingerprint density at radius 3 is 2.59 bits per heavy atom. The van der Waals surface area contributed by atoms with E-state index in [9.17, 15) is 18.0 Å². The number of aromatic nitrogens is 1. The van der Waals surface area contributed by atoms with E-state index < -0.39 is 17.6 Å². The quantitative estimate of drug-likeness (QED) is 0.533. The molecule has 1 fully saturated rings. The van der Waals surface area contributed by atoms with Crippen molar-refractivity contribution >= 4 is 5.91 Å². The minimum Gasteiger partial charge on any atom is -0.457 e. The third kappa shape index (κ3) is 5.73. The van der Waals surface area contributed by atoms with Gasteiger partial charge in [-0.15, -0.1) is 0 Å². The number of carbonyl (C=O) groups excluding carboxylic acids is 1. The number of carbonyl (C=O) groups is 1. The summed E-state index contributed by atoms with van der Waals surface area (Å²) in [5, 5.41) is 3.34. The van der Waals surface area contributed by atoms with Crippen LogP contribution in [0.3, 0.4) is 0 Å². The molecule has 0 saturated carbocycles. The highest BCUT2D eigenvalue weighted by Gasteiger charge is 2.31. The van der Waals surface area contributed by atoms with Gasteiger partial charge in [-0.1, -0.05) is 6.07 Å². The normalized spacial score (nSPS) is 16.5. The van der Waals surface area contributed by atoms with Crippen molar-refractivity contribution in [1.82, 2.24) is 15.2 Å². The second-order valence-corrected chi connectivity index (χ2v) is 8.35. The Bertz CT molecular complexity index is 1170. The van der Waals surface area contributed by atoms with Crippen LogP contribution in [-0.4, -0.2) is 42.0 Å². The molecule has 1 unspecified atom stereocenters. The predicted octanol–water partition coefficient (Wildman–Crippen LogP) is 4.45. The Balaban J connectivity index is 1.54. The molecule has 3 aromatic rings. The molecule has 9 heteroatoms. The van der Waals surface area contributed by atoms with E-state index in [2.05, 4.69) is 15.2 Å². The van der Waals surface area contributed by atoms with Gasteiger partial charge in [-0.25, -0.2) is 4.98 Å². The lowest BCUT2D eigenvalue weighted by Crippen LogP contribution is -2.31. The highest BCUT2D eigenvalue weighted by Crippen LogP contribution is 2.34. The van der Waals surface area contributed by atoms with Gasteiger partial charge in [0.15, 0.2) is 0 Å². The molecule has 1 aromatic heterocycles. The number of hydrogen-bond donors (Lipinski definition) is 2. The first-order valence-electron chi connectivity index (χ1n) is 10.9. The van der Waals surface area contributed by atoms with Crippen LogP contribution in [-0.2, 0) is 12.7 Å². The van der Waals surface area contributed by atoms with E-state index in [4.69, 9.17) is 10.5 Å². The lowest BCUT2D eigenvalue weighted by molar-refractivity contribution is -0.137. The van der Waals surface area contributed by atoms with Gasteiger partial charge in [0.25, 0.3) is 5.91 Å². The van der Waals surface area contributed by atoms with Gasteiger partial charge in [0.2, 0.25) is 0 Å². The van der Waals surface area contributed by atoms with Crippen LogP contribution in [0.25, 0.3) is 11.3 Å². The molecular weight excluding hydrogens is 445 g/mol. The Hall–Kier alpha value is -3.43. The summed E-state index contributed by atoms with van der Waals surface area (Å²) in [6.07, 6.45) is -3.49. The molecule has 1 aliphatic heterocycles. The number of ether oxygens (including phenoxy) is 1. The minimum atomic E-state index is -4.44. The molecule has 2 aromatic carbocycles. The molecule has 0 bridgehead atoms. The van der Waals surface area contributed by atoms with Gasteiger partial charge in [0.1, 0.15) is 17.2 Å². The van der Waals surface area contributed by atoms with Gasteiger partial charge < -0.3 is 20.7 Å². The number of halogens is 3. The molecule has 1 amide bonds. The van der Waals surface area contributed by atoms with Gasteiger partial charge in [-0.3, -0.25) is 4.79 Å². The molecule has 1 aliphatic rings. The van der Waals surface area contributed by atoms with Gasteiger partial charge >= 0.3 is 6.18 Å². The Morgan fingerprint density at radius 1 is 1.18 bits per heavy atom. The van der Waals surface area contributed by atoms with E-state index in [1.54, 1.807) is 36.4 Å². The third-order valence-corrected chi connectivity index (χ3v) is 5.74. The van der Waals surface area contributed by atoms with Crippen molar-refractivity contribution in [3.8, 4) is 22.8 Å². The number of likely N-dealkylation sites (tertiary alicyclic amines) is 1. The first kappa shape index (κ1) is 23.7. The number of amides is 1. The highest BCUT2D eigenvalue weighted by atomic mass is 19.4. The van der Waals surface area contributed by atoms with Gasteiger partial charge in [0, 0.05) is 30.3 Å². The van der Waals surface area contributed by atoms with Gasteiger partial charge in [-0.05, 0) is 74.6 Å². The van der Waals surface area contributed by atoms with Crippen molar-refractivity contribution in [3.63, 3.8) is 0 Å². The molecular formula is C25H25F3N4O2. The first-order valence-corrected chi connectivity index (χ1v) is 10.9. The molecule has 0 aliphatic carbocycles. The summed E-state index contributed by atoms with van der Waals surface area (Å²) in [7, 11) is 2.02. The number of nitrogens with two attached hydrogens (primary N) is 1. The van der Waals surface area contributed by atoms with Crippen molar-refractivity contribution in [1.29, 1.82) is 0 Å². The Morgan fingerprint density at radius 2 is 1.94 bits per heavy atom. The van der Waals surface area contributed by atoms with Crippen LogP contribution in [0.2, 0.25) is 0 Å². The van der Waals surface area contributed by atoms with Crippen LogP contribution in [0.4, 0.5) is 13.2 Å². The second-order valence-electron chi connectivity index (χ2n) is 8.35. The fraction of sp³-hybridized carbons (Fsp3) is 0.280. The average molecular weight is 470 g/mol. The van der Waals surface area contributed by atoms with Gasteiger partial charge in [0.05, 0.1) is 11.3 Å². The molecule has 1 saturated heterocycles. The second kappa shape index (κ2) is 9.82. The number of likely N-dealkylation sites (N-methyl/N-ethyl adjacent to an activating group) is 1. The van der Waals surface area contributed by atoms with Crippen molar-refractivity contribution in [2.75, 3.05) is 20.1 Å².